The van der Waals surface area contributed by atoms with Crippen LogP contribution in [0, 0.1) is 17.8 Å². The molecule has 0 aromatic heterocycles. The maximum Gasteiger partial charge on any atom is 0.225 e. The van der Waals surface area contributed by atoms with Gasteiger partial charge in [-0.25, -0.2) is 0 Å². The largest absolute Gasteiger partial charge is 0.340 e. The molecular formula is C15H23NO3S. The molecule has 1 heterocycles. The summed E-state index contributed by atoms with van der Waals surface area (Å²) in [6.07, 6.45) is 3.44. The van der Waals surface area contributed by atoms with E-state index in [1.165, 1.54) is 0 Å². The van der Waals surface area contributed by atoms with Crippen molar-refractivity contribution < 1.29 is 13.8 Å². The Hall–Kier alpha value is -0.710. The Balaban J connectivity index is 1.68. The summed E-state index contributed by atoms with van der Waals surface area (Å²) >= 11 is 0. The van der Waals surface area contributed by atoms with E-state index in [2.05, 4.69) is 0 Å². The Bertz CT molecular complexity index is 452. The molecule has 5 heteroatoms. The van der Waals surface area contributed by atoms with E-state index < -0.39 is 10.8 Å². The van der Waals surface area contributed by atoms with Crippen LogP contribution >= 0.6 is 0 Å². The van der Waals surface area contributed by atoms with Gasteiger partial charge in [-0.15, -0.1) is 0 Å². The van der Waals surface area contributed by atoms with E-state index in [1.807, 2.05) is 18.7 Å². The van der Waals surface area contributed by atoms with Gasteiger partial charge < -0.3 is 4.90 Å². The lowest BCUT2D eigenvalue weighted by atomic mass is 9.79. The number of hydrogen-bond acceptors (Lipinski definition) is 3. The number of ketones is 1. The first kappa shape index (κ1) is 14.2. The second-order valence-corrected chi connectivity index (χ2v) is 9.32. The zero-order valence-electron chi connectivity index (χ0n) is 12.3. The van der Waals surface area contributed by atoms with Crippen LogP contribution in [0.15, 0.2) is 0 Å². The smallest absolute Gasteiger partial charge is 0.225 e. The molecule has 3 fully saturated rings. The lowest BCUT2D eigenvalue weighted by molar-refractivity contribution is -0.140. The molecule has 20 heavy (non-hydrogen) atoms. The highest BCUT2D eigenvalue weighted by Gasteiger charge is 2.45. The molecule has 3 rings (SSSR count). The third kappa shape index (κ3) is 2.34. The highest BCUT2D eigenvalue weighted by molar-refractivity contribution is 7.86. The molecule has 0 N–H and O–H groups in total. The van der Waals surface area contributed by atoms with Crippen LogP contribution in [0.25, 0.3) is 0 Å². The second kappa shape index (κ2) is 4.93. The average molecular weight is 297 g/mol. The van der Waals surface area contributed by atoms with E-state index in [0.717, 1.165) is 25.7 Å². The Morgan fingerprint density at radius 2 is 1.85 bits per heavy atom. The summed E-state index contributed by atoms with van der Waals surface area (Å²) in [5.74, 6) is 1.46. The van der Waals surface area contributed by atoms with Crippen LogP contribution in [0.1, 0.15) is 39.5 Å². The minimum absolute atomic E-state index is 0.0209. The lowest BCUT2D eigenvalue weighted by Crippen LogP contribution is -2.54. The van der Waals surface area contributed by atoms with Gasteiger partial charge in [-0.2, -0.15) is 0 Å². The molecule has 4 nitrogen and oxygen atoms in total. The van der Waals surface area contributed by atoms with Crippen molar-refractivity contribution in [3.63, 3.8) is 0 Å². The van der Waals surface area contributed by atoms with Gasteiger partial charge in [0.2, 0.25) is 5.91 Å². The van der Waals surface area contributed by atoms with Crippen molar-refractivity contribution >= 4 is 22.5 Å². The van der Waals surface area contributed by atoms with Crippen molar-refractivity contribution in [1.82, 2.24) is 4.90 Å². The summed E-state index contributed by atoms with van der Waals surface area (Å²) in [6.45, 7) is 5.13. The zero-order valence-corrected chi connectivity index (χ0v) is 13.1. The van der Waals surface area contributed by atoms with Crippen molar-refractivity contribution in [3.05, 3.63) is 0 Å². The SMILES string of the molecule is CC1(C)CN(C(=O)C2CC3CCC(C2)C3=O)CCS1=O. The number of Topliss-reactive ketones (excluding diaryl/α,β-unsaturated/α-hetero) is 1. The quantitative estimate of drug-likeness (QED) is 0.734. The van der Waals surface area contributed by atoms with E-state index in [-0.39, 0.29) is 28.4 Å². The fourth-order valence-electron chi connectivity index (χ4n) is 4.00. The molecule has 2 aliphatic carbocycles. The van der Waals surface area contributed by atoms with Gasteiger partial charge in [0, 0.05) is 47.4 Å². The molecule has 3 unspecified atom stereocenters. The molecular weight excluding hydrogens is 274 g/mol. The zero-order chi connectivity index (χ0) is 14.5. The monoisotopic (exact) mass is 297 g/mol. The third-order valence-electron chi connectivity index (χ3n) is 5.20. The van der Waals surface area contributed by atoms with E-state index >= 15 is 0 Å². The van der Waals surface area contributed by atoms with Gasteiger partial charge in [-0.1, -0.05) is 0 Å². The van der Waals surface area contributed by atoms with E-state index in [9.17, 15) is 13.8 Å². The van der Waals surface area contributed by atoms with Crippen LogP contribution in [0.2, 0.25) is 0 Å². The van der Waals surface area contributed by atoms with Crippen LogP contribution in [-0.4, -0.2) is 44.4 Å². The summed E-state index contributed by atoms with van der Waals surface area (Å²) in [6, 6.07) is 0. The van der Waals surface area contributed by atoms with Crippen molar-refractivity contribution in [3.8, 4) is 0 Å². The normalized spacial score (nSPS) is 39.9. The molecule has 0 radical (unpaired) electrons. The van der Waals surface area contributed by atoms with Gasteiger partial charge in [0.25, 0.3) is 0 Å². The number of fused-ring (bicyclic) bond motifs is 2. The first-order chi connectivity index (χ1) is 9.38. The van der Waals surface area contributed by atoms with Crippen LogP contribution in [0.3, 0.4) is 0 Å². The Morgan fingerprint density at radius 1 is 1.25 bits per heavy atom. The second-order valence-electron chi connectivity index (χ2n) is 7.11. The first-order valence-corrected chi connectivity index (χ1v) is 8.91. The first-order valence-electron chi connectivity index (χ1n) is 7.59. The fourth-order valence-corrected chi connectivity index (χ4v) is 5.24. The summed E-state index contributed by atoms with van der Waals surface area (Å²) < 4.78 is 11.6. The molecule has 0 aromatic carbocycles. The highest BCUT2D eigenvalue weighted by Crippen LogP contribution is 2.42. The standard InChI is InChI=1S/C15H23NO3S/c1-15(2)9-16(5-6-20(15)19)14(18)12-7-10-3-4-11(8-12)13(10)17/h10-12H,3-9H2,1-2H3. The third-order valence-corrected chi connectivity index (χ3v) is 7.12. The summed E-state index contributed by atoms with van der Waals surface area (Å²) in [5.41, 5.74) is 0. The van der Waals surface area contributed by atoms with Crippen molar-refractivity contribution in [1.29, 1.82) is 0 Å². The molecule has 1 amide bonds. The van der Waals surface area contributed by atoms with Gasteiger partial charge in [-0.05, 0) is 39.5 Å². The van der Waals surface area contributed by atoms with E-state index in [1.54, 1.807) is 0 Å². The van der Waals surface area contributed by atoms with Crippen molar-refractivity contribution in [2.24, 2.45) is 17.8 Å². The van der Waals surface area contributed by atoms with Crippen LogP contribution < -0.4 is 0 Å². The Kier molecular flexibility index (Phi) is 3.51. The fraction of sp³-hybridized carbons (Fsp3) is 0.867. The number of carbonyl (C=O) groups excluding carboxylic acids is 2. The summed E-state index contributed by atoms with van der Waals surface area (Å²) in [4.78, 5) is 26.5. The molecule has 2 saturated carbocycles. The molecule has 3 aliphatic rings. The van der Waals surface area contributed by atoms with Gasteiger partial charge >= 0.3 is 0 Å². The average Bonchev–Trinajstić information content (AvgIpc) is 2.64. The Labute approximate surface area is 122 Å². The number of rotatable bonds is 1. The predicted molar refractivity (Wildman–Crippen MR) is 77.6 cm³/mol. The maximum absolute atomic E-state index is 12.7. The van der Waals surface area contributed by atoms with Gasteiger partial charge in [0.05, 0.1) is 4.75 Å². The topological polar surface area (TPSA) is 54.5 Å². The molecule has 112 valence electrons. The van der Waals surface area contributed by atoms with Crippen LogP contribution in [0.4, 0.5) is 0 Å². The van der Waals surface area contributed by atoms with Crippen molar-refractivity contribution in [2.75, 3.05) is 18.8 Å². The van der Waals surface area contributed by atoms with Crippen molar-refractivity contribution in [2.45, 2.75) is 44.3 Å². The Morgan fingerprint density at radius 3 is 2.40 bits per heavy atom. The molecule has 0 aromatic rings. The number of amides is 1. The molecule has 1 aliphatic heterocycles. The predicted octanol–water partition coefficient (Wildman–Crippen LogP) is 1.36. The minimum Gasteiger partial charge on any atom is -0.340 e. The maximum atomic E-state index is 12.7. The summed E-state index contributed by atoms with van der Waals surface area (Å²) in [5, 5.41) is 0. The number of hydrogen-bond donors (Lipinski definition) is 0. The lowest BCUT2D eigenvalue weighted by Gasteiger charge is -2.39. The van der Waals surface area contributed by atoms with E-state index in [4.69, 9.17) is 0 Å². The minimum atomic E-state index is -0.848. The van der Waals surface area contributed by atoms with E-state index in [0.29, 0.717) is 24.6 Å². The van der Waals surface area contributed by atoms with Crippen LogP contribution in [-0.2, 0) is 20.4 Å². The van der Waals surface area contributed by atoms with Gasteiger partial charge in [-0.3, -0.25) is 13.8 Å². The van der Waals surface area contributed by atoms with Gasteiger partial charge in [0.15, 0.2) is 0 Å². The molecule has 3 atom stereocenters. The number of nitrogens with zero attached hydrogens (tertiary/aromatic N) is 1. The number of carbonyl (C=O) groups is 2. The van der Waals surface area contributed by atoms with Crippen LogP contribution in [0.5, 0.6) is 0 Å². The molecule has 0 spiro atoms. The molecule has 1 saturated heterocycles. The van der Waals surface area contributed by atoms with Gasteiger partial charge in [0.1, 0.15) is 5.78 Å². The highest BCUT2D eigenvalue weighted by atomic mass is 32.2. The summed E-state index contributed by atoms with van der Waals surface area (Å²) in [7, 11) is -0.848. The molecule has 2 bridgehead atoms.